The third kappa shape index (κ3) is 1.89. The first-order valence-corrected chi connectivity index (χ1v) is 6.30. The fourth-order valence-corrected chi connectivity index (χ4v) is 2.13. The number of rotatable bonds is 2. The highest BCUT2D eigenvalue weighted by molar-refractivity contribution is 5.41. The number of halogens is 1. The molecule has 0 saturated carbocycles. The van der Waals surface area contributed by atoms with Crippen LogP contribution in [0.2, 0.25) is 0 Å². The molecule has 2 aromatic heterocycles. The first kappa shape index (κ1) is 12.5. The van der Waals surface area contributed by atoms with Crippen LogP contribution in [0.3, 0.4) is 0 Å². The molecule has 2 heterocycles. The van der Waals surface area contributed by atoms with Crippen molar-refractivity contribution in [3.8, 4) is 5.69 Å². The van der Waals surface area contributed by atoms with Gasteiger partial charge in [0.15, 0.2) is 0 Å². The first-order valence-electron chi connectivity index (χ1n) is 6.30. The van der Waals surface area contributed by atoms with Crippen LogP contribution in [0, 0.1) is 5.82 Å². The van der Waals surface area contributed by atoms with Gasteiger partial charge in [-0.1, -0.05) is 19.9 Å². The van der Waals surface area contributed by atoms with Crippen LogP contribution in [-0.2, 0) is 0 Å². The summed E-state index contributed by atoms with van der Waals surface area (Å²) >= 11 is 0. The predicted octanol–water partition coefficient (Wildman–Crippen LogP) is 2.14. The monoisotopic (exact) mass is 272 g/mol. The van der Waals surface area contributed by atoms with Crippen molar-refractivity contribution >= 4 is 5.65 Å². The van der Waals surface area contributed by atoms with Gasteiger partial charge in [0, 0.05) is 18.3 Å². The maximum atomic E-state index is 13.3. The number of fused-ring (bicyclic) bond motifs is 1. The maximum absolute atomic E-state index is 13.3. The Morgan fingerprint density at radius 1 is 1.20 bits per heavy atom. The molecule has 3 aromatic rings. The molecular formula is C14H13FN4O. The first-order chi connectivity index (χ1) is 9.58. The van der Waals surface area contributed by atoms with Crippen LogP contribution in [0.5, 0.6) is 0 Å². The van der Waals surface area contributed by atoms with E-state index in [9.17, 15) is 9.18 Å². The molecule has 0 radical (unpaired) electrons. The number of nitrogens with zero attached hydrogens (tertiary/aromatic N) is 4. The van der Waals surface area contributed by atoms with E-state index in [0.29, 0.717) is 5.69 Å². The molecule has 0 aliphatic carbocycles. The molecule has 0 spiro atoms. The lowest BCUT2D eigenvalue weighted by Crippen LogP contribution is -2.20. The zero-order valence-corrected chi connectivity index (χ0v) is 11.1. The molecule has 0 bridgehead atoms. The number of benzene rings is 1. The van der Waals surface area contributed by atoms with E-state index < -0.39 is 5.82 Å². The Morgan fingerprint density at radius 2 is 2.00 bits per heavy atom. The van der Waals surface area contributed by atoms with Crippen molar-refractivity contribution < 1.29 is 4.39 Å². The SMILES string of the molecule is CC(C)c1nnc2c(=O)n(-c3cccc(F)c3)ccn12. The van der Waals surface area contributed by atoms with Crippen LogP contribution in [-0.4, -0.2) is 19.2 Å². The summed E-state index contributed by atoms with van der Waals surface area (Å²) < 4.78 is 16.3. The Bertz CT molecular complexity index is 835. The summed E-state index contributed by atoms with van der Waals surface area (Å²) in [4.78, 5) is 12.4. The van der Waals surface area contributed by atoms with E-state index in [1.165, 1.54) is 16.7 Å². The van der Waals surface area contributed by atoms with Gasteiger partial charge in [0.05, 0.1) is 5.69 Å². The van der Waals surface area contributed by atoms with Crippen LogP contribution in [0.1, 0.15) is 25.6 Å². The minimum absolute atomic E-state index is 0.161. The Morgan fingerprint density at radius 3 is 2.70 bits per heavy atom. The van der Waals surface area contributed by atoms with Crippen molar-refractivity contribution in [2.45, 2.75) is 19.8 Å². The highest BCUT2D eigenvalue weighted by Crippen LogP contribution is 2.13. The van der Waals surface area contributed by atoms with E-state index in [1.54, 1.807) is 28.9 Å². The van der Waals surface area contributed by atoms with Gasteiger partial charge in [-0.3, -0.25) is 13.8 Å². The van der Waals surface area contributed by atoms with Crippen molar-refractivity contribution in [2.24, 2.45) is 0 Å². The predicted molar refractivity (Wildman–Crippen MR) is 72.6 cm³/mol. The Hall–Kier alpha value is -2.50. The molecule has 0 amide bonds. The minimum Gasteiger partial charge on any atom is -0.280 e. The summed E-state index contributed by atoms with van der Waals surface area (Å²) in [5.41, 5.74) is 0.379. The molecule has 0 aliphatic heterocycles. The quantitative estimate of drug-likeness (QED) is 0.718. The molecule has 0 aliphatic rings. The fourth-order valence-electron chi connectivity index (χ4n) is 2.13. The van der Waals surface area contributed by atoms with Gasteiger partial charge in [-0.05, 0) is 18.2 Å². The molecule has 0 fully saturated rings. The van der Waals surface area contributed by atoms with E-state index in [2.05, 4.69) is 10.2 Å². The third-order valence-corrected chi connectivity index (χ3v) is 3.10. The largest absolute Gasteiger partial charge is 0.300 e. The van der Waals surface area contributed by atoms with E-state index in [4.69, 9.17) is 0 Å². The topological polar surface area (TPSA) is 52.2 Å². The zero-order chi connectivity index (χ0) is 14.3. The summed E-state index contributed by atoms with van der Waals surface area (Å²) in [5, 5.41) is 7.97. The van der Waals surface area contributed by atoms with Crippen LogP contribution < -0.4 is 5.56 Å². The summed E-state index contributed by atoms with van der Waals surface area (Å²) in [6.07, 6.45) is 3.32. The number of hydrogen-bond donors (Lipinski definition) is 0. The molecule has 0 unspecified atom stereocenters. The normalized spacial score (nSPS) is 11.4. The van der Waals surface area contributed by atoms with Gasteiger partial charge in [-0.2, -0.15) is 0 Å². The van der Waals surface area contributed by atoms with Crippen molar-refractivity contribution in [1.29, 1.82) is 0 Å². The third-order valence-electron chi connectivity index (χ3n) is 3.10. The van der Waals surface area contributed by atoms with Gasteiger partial charge < -0.3 is 0 Å². The molecule has 0 saturated heterocycles. The minimum atomic E-state index is -0.390. The van der Waals surface area contributed by atoms with Crippen LogP contribution in [0.15, 0.2) is 41.5 Å². The van der Waals surface area contributed by atoms with Crippen molar-refractivity contribution in [3.05, 3.63) is 58.7 Å². The molecule has 102 valence electrons. The number of hydrogen-bond acceptors (Lipinski definition) is 3. The molecule has 6 heteroatoms. The second-order valence-corrected chi connectivity index (χ2v) is 4.86. The average Bonchev–Trinajstić information content (AvgIpc) is 2.84. The second-order valence-electron chi connectivity index (χ2n) is 4.86. The fraction of sp³-hybridized carbons (Fsp3) is 0.214. The van der Waals surface area contributed by atoms with Gasteiger partial charge in [-0.25, -0.2) is 4.39 Å². The average molecular weight is 272 g/mol. The second kappa shape index (κ2) is 4.56. The zero-order valence-electron chi connectivity index (χ0n) is 11.1. The molecule has 3 rings (SSSR count). The van der Waals surface area contributed by atoms with E-state index in [0.717, 1.165) is 5.82 Å². The molecule has 0 N–H and O–H groups in total. The maximum Gasteiger partial charge on any atom is 0.300 e. The molecule has 0 atom stereocenters. The highest BCUT2D eigenvalue weighted by atomic mass is 19.1. The van der Waals surface area contributed by atoms with Crippen LogP contribution >= 0.6 is 0 Å². The lowest BCUT2D eigenvalue weighted by Gasteiger charge is -2.07. The van der Waals surface area contributed by atoms with Gasteiger partial charge in [0.2, 0.25) is 5.65 Å². The smallest absolute Gasteiger partial charge is 0.280 e. The van der Waals surface area contributed by atoms with Gasteiger partial charge in [0.25, 0.3) is 0 Å². The lowest BCUT2D eigenvalue weighted by atomic mass is 10.2. The summed E-state index contributed by atoms with van der Waals surface area (Å²) in [6, 6.07) is 5.87. The van der Waals surface area contributed by atoms with Gasteiger partial charge in [-0.15, -0.1) is 10.2 Å². The number of aromatic nitrogens is 4. The Kier molecular flexibility index (Phi) is 2.85. The Balaban J connectivity index is 2.25. The van der Waals surface area contributed by atoms with Gasteiger partial charge >= 0.3 is 5.56 Å². The van der Waals surface area contributed by atoms with Crippen LogP contribution in [0.25, 0.3) is 11.3 Å². The summed E-state index contributed by atoms with van der Waals surface area (Å²) in [6.45, 7) is 3.96. The van der Waals surface area contributed by atoms with Crippen molar-refractivity contribution in [2.75, 3.05) is 0 Å². The molecule has 1 aromatic carbocycles. The molecule has 5 nitrogen and oxygen atoms in total. The summed E-state index contributed by atoms with van der Waals surface area (Å²) in [5.74, 6) is 0.497. The van der Waals surface area contributed by atoms with E-state index in [1.807, 2.05) is 13.8 Å². The molecule has 20 heavy (non-hydrogen) atoms. The lowest BCUT2D eigenvalue weighted by molar-refractivity contribution is 0.626. The standard InChI is InChI=1S/C14H13FN4O/c1-9(2)12-16-17-13-14(20)18(6-7-19(12)13)11-5-3-4-10(15)8-11/h3-9H,1-2H3. The van der Waals surface area contributed by atoms with Crippen LogP contribution in [0.4, 0.5) is 4.39 Å². The van der Waals surface area contributed by atoms with Crippen molar-refractivity contribution in [1.82, 2.24) is 19.2 Å². The van der Waals surface area contributed by atoms with E-state index >= 15 is 0 Å². The summed E-state index contributed by atoms with van der Waals surface area (Å²) in [7, 11) is 0. The van der Waals surface area contributed by atoms with Gasteiger partial charge in [0.1, 0.15) is 11.6 Å². The van der Waals surface area contributed by atoms with E-state index in [-0.39, 0.29) is 17.1 Å². The highest BCUT2D eigenvalue weighted by Gasteiger charge is 2.13. The van der Waals surface area contributed by atoms with Crippen molar-refractivity contribution in [3.63, 3.8) is 0 Å². The molecular weight excluding hydrogens is 259 g/mol. The Labute approximate surface area is 114 Å².